The van der Waals surface area contributed by atoms with Gasteiger partial charge in [0, 0.05) is 23.3 Å². The highest BCUT2D eigenvalue weighted by Gasteiger charge is 2.08. The zero-order valence-electron chi connectivity index (χ0n) is 9.79. The first-order valence-corrected chi connectivity index (χ1v) is 6.46. The maximum absolute atomic E-state index is 5.97. The van der Waals surface area contributed by atoms with E-state index < -0.39 is 0 Å². The molecule has 2 rings (SSSR count). The molecule has 5 heteroatoms. The van der Waals surface area contributed by atoms with E-state index in [1.807, 2.05) is 24.3 Å². The van der Waals surface area contributed by atoms with E-state index in [0.717, 1.165) is 10.2 Å². The SMILES string of the molecule is NC(CCOc1ccc(Br)cc1)c1ncccn1. The molecule has 0 saturated heterocycles. The van der Waals surface area contributed by atoms with Crippen molar-refractivity contribution in [1.29, 1.82) is 0 Å². The second-order valence-electron chi connectivity index (χ2n) is 3.80. The molecule has 0 spiro atoms. The van der Waals surface area contributed by atoms with Gasteiger partial charge in [0.25, 0.3) is 0 Å². The zero-order chi connectivity index (χ0) is 12.8. The third-order valence-electron chi connectivity index (χ3n) is 2.43. The molecular formula is C13H14BrN3O. The van der Waals surface area contributed by atoms with Crippen LogP contribution in [-0.2, 0) is 0 Å². The van der Waals surface area contributed by atoms with Gasteiger partial charge in [-0.25, -0.2) is 9.97 Å². The smallest absolute Gasteiger partial charge is 0.144 e. The Morgan fingerprint density at radius 3 is 2.50 bits per heavy atom. The molecule has 1 atom stereocenters. The minimum atomic E-state index is -0.193. The number of hydrogen-bond acceptors (Lipinski definition) is 4. The molecule has 94 valence electrons. The summed E-state index contributed by atoms with van der Waals surface area (Å²) in [4.78, 5) is 8.24. The van der Waals surface area contributed by atoms with Gasteiger partial charge >= 0.3 is 0 Å². The molecule has 0 aliphatic carbocycles. The number of rotatable bonds is 5. The largest absolute Gasteiger partial charge is 0.494 e. The molecule has 0 aliphatic rings. The van der Waals surface area contributed by atoms with Crippen LogP contribution >= 0.6 is 15.9 Å². The average Bonchev–Trinajstić information content (AvgIpc) is 2.42. The molecule has 2 N–H and O–H groups in total. The molecule has 1 unspecified atom stereocenters. The van der Waals surface area contributed by atoms with E-state index >= 15 is 0 Å². The molecule has 0 amide bonds. The van der Waals surface area contributed by atoms with Crippen LogP contribution in [0.15, 0.2) is 47.2 Å². The minimum Gasteiger partial charge on any atom is -0.494 e. The number of hydrogen-bond donors (Lipinski definition) is 1. The van der Waals surface area contributed by atoms with Crippen molar-refractivity contribution < 1.29 is 4.74 Å². The second-order valence-corrected chi connectivity index (χ2v) is 4.72. The molecule has 0 saturated carbocycles. The van der Waals surface area contributed by atoms with Crippen molar-refractivity contribution in [1.82, 2.24) is 9.97 Å². The number of benzene rings is 1. The molecular weight excluding hydrogens is 294 g/mol. The summed E-state index contributed by atoms with van der Waals surface area (Å²) in [5.41, 5.74) is 5.97. The van der Waals surface area contributed by atoms with E-state index in [0.29, 0.717) is 18.9 Å². The van der Waals surface area contributed by atoms with Crippen LogP contribution in [0, 0.1) is 0 Å². The minimum absolute atomic E-state index is 0.193. The lowest BCUT2D eigenvalue weighted by Gasteiger charge is -2.11. The van der Waals surface area contributed by atoms with Crippen LogP contribution in [0.25, 0.3) is 0 Å². The van der Waals surface area contributed by atoms with Gasteiger partial charge in [-0.2, -0.15) is 0 Å². The van der Waals surface area contributed by atoms with Crippen LogP contribution < -0.4 is 10.5 Å². The third kappa shape index (κ3) is 3.78. The second kappa shape index (κ2) is 6.47. The van der Waals surface area contributed by atoms with Crippen LogP contribution in [-0.4, -0.2) is 16.6 Å². The monoisotopic (exact) mass is 307 g/mol. The number of halogens is 1. The van der Waals surface area contributed by atoms with Gasteiger partial charge in [-0.15, -0.1) is 0 Å². The fourth-order valence-electron chi connectivity index (χ4n) is 1.47. The molecule has 2 aromatic rings. The first-order valence-electron chi connectivity index (χ1n) is 5.66. The number of ether oxygens (including phenoxy) is 1. The predicted octanol–water partition coefficient (Wildman–Crippen LogP) is 2.71. The van der Waals surface area contributed by atoms with E-state index in [2.05, 4.69) is 25.9 Å². The van der Waals surface area contributed by atoms with Crippen molar-refractivity contribution in [2.45, 2.75) is 12.5 Å². The standard InChI is InChI=1S/C13H14BrN3O/c14-10-2-4-11(5-3-10)18-9-6-12(15)13-16-7-1-8-17-13/h1-5,7-8,12H,6,9,15H2. The summed E-state index contributed by atoms with van der Waals surface area (Å²) in [5.74, 6) is 1.48. The van der Waals surface area contributed by atoms with E-state index in [1.54, 1.807) is 18.5 Å². The summed E-state index contributed by atoms with van der Waals surface area (Å²) < 4.78 is 6.63. The zero-order valence-corrected chi connectivity index (χ0v) is 11.4. The molecule has 1 heterocycles. The maximum atomic E-state index is 5.97. The van der Waals surface area contributed by atoms with Crippen LogP contribution in [0.5, 0.6) is 5.75 Å². The fourth-order valence-corrected chi connectivity index (χ4v) is 1.73. The third-order valence-corrected chi connectivity index (χ3v) is 2.96. The van der Waals surface area contributed by atoms with Gasteiger partial charge in [0.2, 0.25) is 0 Å². The molecule has 18 heavy (non-hydrogen) atoms. The van der Waals surface area contributed by atoms with Gasteiger partial charge in [0.05, 0.1) is 12.6 Å². The van der Waals surface area contributed by atoms with Crippen molar-refractivity contribution in [2.75, 3.05) is 6.61 Å². The maximum Gasteiger partial charge on any atom is 0.144 e. The van der Waals surface area contributed by atoms with Gasteiger partial charge < -0.3 is 10.5 Å². The van der Waals surface area contributed by atoms with E-state index in [9.17, 15) is 0 Å². The lowest BCUT2D eigenvalue weighted by Crippen LogP contribution is -2.16. The lowest BCUT2D eigenvalue weighted by atomic mass is 10.2. The first-order chi connectivity index (χ1) is 8.75. The summed E-state index contributed by atoms with van der Waals surface area (Å²) in [6, 6.07) is 9.28. The van der Waals surface area contributed by atoms with Gasteiger partial charge in [-0.1, -0.05) is 15.9 Å². The van der Waals surface area contributed by atoms with Crippen molar-refractivity contribution >= 4 is 15.9 Å². The molecule has 4 nitrogen and oxygen atoms in total. The summed E-state index contributed by atoms with van der Waals surface area (Å²) in [7, 11) is 0. The van der Waals surface area contributed by atoms with Crippen molar-refractivity contribution in [3.63, 3.8) is 0 Å². The van der Waals surface area contributed by atoms with E-state index in [1.165, 1.54) is 0 Å². The van der Waals surface area contributed by atoms with E-state index in [-0.39, 0.29) is 6.04 Å². The molecule has 1 aromatic heterocycles. The Hall–Kier alpha value is -1.46. The summed E-state index contributed by atoms with van der Waals surface area (Å²) in [6.45, 7) is 0.543. The topological polar surface area (TPSA) is 61.0 Å². The lowest BCUT2D eigenvalue weighted by molar-refractivity contribution is 0.296. The van der Waals surface area contributed by atoms with Crippen LogP contribution in [0.3, 0.4) is 0 Å². The molecule has 0 bridgehead atoms. The Balaban J connectivity index is 1.80. The normalized spacial score (nSPS) is 12.1. The highest BCUT2D eigenvalue weighted by atomic mass is 79.9. The molecule has 0 radical (unpaired) electrons. The average molecular weight is 308 g/mol. The van der Waals surface area contributed by atoms with Crippen LogP contribution in [0.2, 0.25) is 0 Å². The van der Waals surface area contributed by atoms with Crippen LogP contribution in [0.1, 0.15) is 18.3 Å². The Labute approximate surface area is 114 Å². The van der Waals surface area contributed by atoms with Crippen LogP contribution in [0.4, 0.5) is 0 Å². The summed E-state index contributed by atoms with van der Waals surface area (Å²) in [5, 5.41) is 0. The van der Waals surface area contributed by atoms with Crippen molar-refractivity contribution in [3.8, 4) is 5.75 Å². The number of aromatic nitrogens is 2. The summed E-state index contributed by atoms with van der Waals surface area (Å²) >= 11 is 3.38. The van der Waals surface area contributed by atoms with Crippen molar-refractivity contribution in [3.05, 3.63) is 53.0 Å². The fraction of sp³-hybridized carbons (Fsp3) is 0.231. The van der Waals surface area contributed by atoms with Gasteiger partial charge in [-0.05, 0) is 30.3 Å². The summed E-state index contributed by atoms with van der Waals surface area (Å²) in [6.07, 6.45) is 4.07. The molecule has 1 aromatic carbocycles. The Morgan fingerprint density at radius 1 is 1.17 bits per heavy atom. The quantitative estimate of drug-likeness (QED) is 0.922. The highest BCUT2D eigenvalue weighted by molar-refractivity contribution is 9.10. The Kier molecular flexibility index (Phi) is 4.66. The number of nitrogens with zero attached hydrogens (tertiary/aromatic N) is 2. The van der Waals surface area contributed by atoms with E-state index in [4.69, 9.17) is 10.5 Å². The number of nitrogens with two attached hydrogens (primary N) is 1. The molecule has 0 aliphatic heterocycles. The predicted molar refractivity (Wildman–Crippen MR) is 73.2 cm³/mol. The van der Waals surface area contributed by atoms with Gasteiger partial charge in [0.15, 0.2) is 0 Å². The van der Waals surface area contributed by atoms with Crippen molar-refractivity contribution in [2.24, 2.45) is 5.73 Å². The Bertz CT molecular complexity index is 475. The Morgan fingerprint density at radius 2 is 1.83 bits per heavy atom. The van der Waals surface area contributed by atoms with Gasteiger partial charge in [0.1, 0.15) is 11.6 Å². The van der Waals surface area contributed by atoms with Gasteiger partial charge in [-0.3, -0.25) is 0 Å². The highest BCUT2D eigenvalue weighted by Crippen LogP contribution is 2.17. The first kappa shape index (κ1) is 13.0. The molecule has 0 fully saturated rings.